The molecule has 2 aliphatic heterocycles. The van der Waals surface area contributed by atoms with E-state index >= 15 is 0 Å². The minimum absolute atomic E-state index is 0.0606. The number of hydrogen-bond acceptors (Lipinski definition) is 11. The summed E-state index contributed by atoms with van der Waals surface area (Å²) in [4.78, 5) is 15.8. The molecule has 5 aliphatic carbocycles. The van der Waals surface area contributed by atoms with E-state index in [4.69, 9.17) is 37.9 Å². The van der Waals surface area contributed by atoms with E-state index in [1.165, 1.54) is 24.0 Å². The molecule has 11 nitrogen and oxygen atoms in total. The van der Waals surface area contributed by atoms with Crippen LogP contribution in [0, 0.1) is 22.7 Å². The Bertz CT molecular complexity index is 1410. The summed E-state index contributed by atoms with van der Waals surface area (Å²) in [6.07, 6.45) is 6.21. The first-order valence-electron chi connectivity index (χ1n) is 19.5. The van der Waals surface area contributed by atoms with Crippen molar-refractivity contribution >= 4 is 6.16 Å². The molecule has 5 fully saturated rings. The van der Waals surface area contributed by atoms with Gasteiger partial charge in [-0.25, -0.2) is 4.79 Å². The number of aliphatic hydroxyl groups is 1. The molecule has 1 aromatic rings. The molecule has 4 saturated carbocycles. The predicted octanol–water partition coefficient (Wildman–Crippen LogP) is 5.31. The molecule has 8 rings (SSSR count). The zero-order valence-corrected chi connectivity index (χ0v) is 31.8. The summed E-state index contributed by atoms with van der Waals surface area (Å²) in [6.45, 7) is 16.4. The van der Waals surface area contributed by atoms with E-state index in [0.29, 0.717) is 63.8 Å². The fraction of sp³-hybridized carbons (Fsp3) is 0.825. The third-order valence-electron chi connectivity index (χ3n) is 13.8. The smallest absolute Gasteiger partial charge is 0.482 e. The van der Waals surface area contributed by atoms with Crippen molar-refractivity contribution in [3.05, 3.63) is 23.3 Å². The number of likely N-dealkylation sites (tertiary alicyclic amines) is 1. The van der Waals surface area contributed by atoms with Gasteiger partial charge in [-0.2, -0.15) is 0 Å². The summed E-state index contributed by atoms with van der Waals surface area (Å²) in [5.41, 5.74) is 0.0696. The number of rotatable bonds is 18. The highest BCUT2D eigenvalue weighted by Crippen LogP contribution is 2.78. The van der Waals surface area contributed by atoms with Crippen molar-refractivity contribution in [2.75, 3.05) is 79.7 Å². The van der Waals surface area contributed by atoms with Crippen LogP contribution in [0.1, 0.15) is 84.3 Å². The van der Waals surface area contributed by atoms with Crippen molar-refractivity contribution < 1.29 is 47.8 Å². The molecular formula is C40H61NO10. The maximum Gasteiger partial charge on any atom is 0.514 e. The average Bonchev–Trinajstić information content (AvgIpc) is 3.84. The molecular weight excluding hydrogens is 654 g/mol. The molecule has 2 spiro atoms. The molecule has 4 bridgehead atoms. The van der Waals surface area contributed by atoms with Crippen molar-refractivity contribution in [3.8, 4) is 11.5 Å². The molecule has 0 aromatic heterocycles. The van der Waals surface area contributed by atoms with E-state index in [2.05, 4.69) is 31.7 Å². The largest absolute Gasteiger partial charge is 0.514 e. The fourth-order valence-electron chi connectivity index (χ4n) is 10.8. The van der Waals surface area contributed by atoms with E-state index in [1.807, 2.05) is 19.9 Å². The monoisotopic (exact) mass is 715 g/mol. The van der Waals surface area contributed by atoms with Crippen LogP contribution in [0.25, 0.3) is 0 Å². The minimum Gasteiger partial charge on any atom is -0.482 e. The first kappa shape index (κ1) is 37.3. The van der Waals surface area contributed by atoms with Crippen LogP contribution in [0.5, 0.6) is 11.5 Å². The molecule has 286 valence electrons. The first-order valence-corrected chi connectivity index (χ1v) is 19.5. The van der Waals surface area contributed by atoms with Crippen LogP contribution in [0.3, 0.4) is 0 Å². The number of nitrogens with zero attached hydrogens (tertiary/aromatic N) is 1. The maximum absolute atomic E-state index is 13.0. The Labute approximate surface area is 303 Å². The van der Waals surface area contributed by atoms with Gasteiger partial charge in [0.05, 0.1) is 51.8 Å². The highest BCUT2D eigenvalue weighted by molar-refractivity contribution is 5.70. The van der Waals surface area contributed by atoms with Gasteiger partial charge in [0.1, 0.15) is 18.3 Å². The van der Waals surface area contributed by atoms with Gasteiger partial charge in [-0.1, -0.05) is 26.8 Å². The standard InChI is InChI=1S/C40H61NO10/c1-7-45-16-17-46-18-19-47-20-21-48-22-23-49-35(42)50-29-11-10-28-24-31-38-12-13-40(44-6,30(25-38)37(5,43)36(2,3)4)34-39(38,32(28)33(29)51-34)14-15-41(31)26-27-8-9-27/h10-11,27,30-31,34,43H,7-9,12-26H2,1-6H3. The topological polar surface area (TPSA) is 114 Å². The molecule has 0 amide bonds. The lowest BCUT2D eigenvalue weighted by molar-refractivity contribution is -0.312. The van der Waals surface area contributed by atoms with Crippen molar-refractivity contribution in [1.82, 2.24) is 4.90 Å². The van der Waals surface area contributed by atoms with Gasteiger partial charge in [-0.05, 0) is 88.3 Å². The van der Waals surface area contributed by atoms with Crippen LogP contribution in [0.2, 0.25) is 0 Å². The second-order valence-electron chi connectivity index (χ2n) is 17.0. The summed E-state index contributed by atoms with van der Waals surface area (Å²) in [7, 11) is 1.80. The fourth-order valence-corrected chi connectivity index (χ4v) is 10.8. The van der Waals surface area contributed by atoms with Gasteiger partial charge < -0.3 is 43.0 Å². The molecule has 1 aromatic carbocycles. The van der Waals surface area contributed by atoms with Gasteiger partial charge in [-0.15, -0.1) is 0 Å². The van der Waals surface area contributed by atoms with Crippen molar-refractivity contribution in [3.63, 3.8) is 0 Å². The Kier molecular flexibility index (Phi) is 10.5. The Morgan fingerprint density at radius 1 is 0.941 bits per heavy atom. The summed E-state index contributed by atoms with van der Waals surface area (Å²) in [6, 6.07) is 4.39. The van der Waals surface area contributed by atoms with Crippen LogP contribution in [-0.2, 0) is 40.3 Å². The molecule has 0 radical (unpaired) electrons. The van der Waals surface area contributed by atoms with Crippen molar-refractivity contribution in [2.45, 2.75) is 108 Å². The minimum atomic E-state index is -0.998. The Morgan fingerprint density at radius 3 is 2.24 bits per heavy atom. The lowest BCUT2D eigenvalue weighted by atomic mass is 9.33. The van der Waals surface area contributed by atoms with E-state index in [9.17, 15) is 9.90 Å². The summed E-state index contributed by atoms with van der Waals surface area (Å²) >= 11 is 0. The normalized spacial score (nSPS) is 33.0. The van der Waals surface area contributed by atoms with E-state index < -0.39 is 17.4 Å². The Balaban J connectivity index is 1.05. The zero-order chi connectivity index (χ0) is 36.1. The third kappa shape index (κ3) is 6.20. The Morgan fingerprint density at radius 2 is 1.61 bits per heavy atom. The van der Waals surface area contributed by atoms with Crippen molar-refractivity contribution in [1.29, 1.82) is 0 Å². The van der Waals surface area contributed by atoms with Gasteiger partial charge in [0.2, 0.25) is 0 Å². The van der Waals surface area contributed by atoms with Crippen LogP contribution in [-0.4, -0.2) is 119 Å². The molecule has 7 unspecified atom stereocenters. The molecule has 2 heterocycles. The molecule has 11 heteroatoms. The number of carbonyl (C=O) groups is 1. The maximum atomic E-state index is 13.0. The second kappa shape index (κ2) is 14.3. The quantitative estimate of drug-likeness (QED) is 0.121. The third-order valence-corrected chi connectivity index (χ3v) is 13.8. The molecule has 1 saturated heterocycles. The van der Waals surface area contributed by atoms with E-state index in [1.54, 1.807) is 7.11 Å². The lowest BCUT2D eigenvalue weighted by Gasteiger charge is -2.75. The van der Waals surface area contributed by atoms with Gasteiger partial charge >= 0.3 is 6.16 Å². The number of ether oxygens (including phenoxy) is 8. The summed E-state index contributed by atoms with van der Waals surface area (Å²) in [5, 5.41) is 12.5. The molecule has 7 aliphatic rings. The average molecular weight is 716 g/mol. The zero-order valence-electron chi connectivity index (χ0n) is 31.8. The number of hydrogen-bond donors (Lipinski definition) is 1. The van der Waals surface area contributed by atoms with Gasteiger partial charge in [0, 0.05) is 48.6 Å². The number of methoxy groups -OCH3 is 1. The number of benzene rings is 1. The highest BCUT2D eigenvalue weighted by atomic mass is 16.7. The summed E-state index contributed by atoms with van der Waals surface area (Å²) in [5.74, 6) is 1.71. The molecule has 7 atom stereocenters. The van der Waals surface area contributed by atoms with Crippen LogP contribution >= 0.6 is 0 Å². The van der Waals surface area contributed by atoms with Crippen LogP contribution in [0.4, 0.5) is 4.79 Å². The van der Waals surface area contributed by atoms with Crippen LogP contribution < -0.4 is 9.47 Å². The van der Waals surface area contributed by atoms with Gasteiger partial charge in [0.15, 0.2) is 11.5 Å². The van der Waals surface area contributed by atoms with Gasteiger partial charge in [0.25, 0.3) is 0 Å². The second-order valence-corrected chi connectivity index (χ2v) is 17.0. The van der Waals surface area contributed by atoms with Crippen molar-refractivity contribution in [2.24, 2.45) is 22.7 Å². The summed E-state index contributed by atoms with van der Waals surface area (Å²) < 4.78 is 47.0. The lowest BCUT2D eigenvalue weighted by Crippen LogP contribution is -2.83. The number of carbonyl (C=O) groups excluding carboxylic acids is 1. The number of fused-ring (bicyclic) bond motifs is 2. The highest BCUT2D eigenvalue weighted by Gasteiger charge is 2.82. The first-order chi connectivity index (χ1) is 24.4. The Hall–Kier alpha value is -1.99. The SMILES string of the molecule is CCOCCOCCOCCOCCOC(=O)Oc1ccc2c3c1OC1C4(OC)CCC5(CC4C(C)(O)C(C)(C)C)C(C2)N(CC2CC2)CCC315. The molecule has 51 heavy (non-hydrogen) atoms. The molecule has 1 N–H and O–H groups in total. The van der Waals surface area contributed by atoms with Crippen LogP contribution in [0.15, 0.2) is 12.1 Å². The number of piperidine rings is 1. The van der Waals surface area contributed by atoms with E-state index in [0.717, 1.165) is 51.1 Å². The van der Waals surface area contributed by atoms with Gasteiger partial charge in [-0.3, -0.25) is 4.90 Å². The van der Waals surface area contributed by atoms with E-state index in [-0.39, 0.29) is 41.5 Å². The predicted molar refractivity (Wildman–Crippen MR) is 189 cm³/mol.